The maximum Gasteiger partial charge on any atom is 0.259 e. The largest absolute Gasteiger partial charge is 0.479 e. The smallest absolute Gasteiger partial charge is 0.259 e. The first kappa shape index (κ1) is 16.5. The number of ether oxygens (including phenoxy) is 1. The first-order valence-corrected chi connectivity index (χ1v) is 7.95. The summed E-state index contributed by atoms with van der Waals surface area (Å²) in [6.45, 7) is 2.65. The van der Waals surface area contributed by atoms with Crippen LogP contribution in [0, 0.1) is 5.82 Å². The molecule has 0 fully saturated rings. The monoisotopic (exact) mass is 346 g/mol. The Morgan fingerprint density at radius 1 is 1.29 bits per heavy atom. The van der Waals surface area contributed by atoms with Crippen molar-refractivity contribution in [2.24, 2.45) is 0 Å². The van der Waals surface area contributed by atoms with Crippen LogP contribution in [0.5, 0.6) is 5.88 Å². The second-order valence-corrected chi connectivity index (χ2v) is 5.86. The maximum absolute atomic E-state index is 13.9. The average Bonchev–Trinajstić information content (AvgIpc) is 2.57. The highest BCUT2D eigenvalue weighted by molar-refractivity contribution is 6.35. The summed E-state index contributed by atoms with van der Waals surface area (Å²) < 4.78 is 20.3. The van der Waals surface area contributed by atoms with Crippen LogP contribution >= 0.6 is 11.6 Å². The van der Waals surface area contributed by atoms with Gasteiger partial charge in [-0.3, -0.25) is 4.79 Å². The van der Waals surface area contributed by atoms with Gasteiger partial charge < -0.3 is 9.30 Å². The van der Waals surface area contributed by atoms with Crippen molar-refractivity contribution >= 4 is 22.4 Å². The van der Waals surface area contributed by atoms with Crippen LogP contribution in [0.2, 0.25) is 5.02 Å². The van der Waals surface area contributed by atoms with Crippen LogP contribution in [0.25, 0.3) is 21.9 Å². The van der Waals surface area contributed by atoms with E-state index in [1.165, 1.54) is 19.4 Å². The van der Waals surface area contributed by atoms with Gasteiger partial charge in [-0.25, -0.2) is 9.37 Å². The number of pyridine rings is 2. The van der Waals surface area contributed by atoms with Crippen LogP contribution < -0.4 is 10.3 Å². The highest BCUT2D eigenvalue weighted by Crippen LogP contribution is 2.30. The fourth-order valence-corrected chi connectivity index (χ4v) is 2.99. The number of aryl methyl sites for hydroxylation is 1. The minimum absolute atomic E-state index is 0.0620. The fourth-order valence-electron chi connectivity index (χ4n) is 2.68. The van der Waals surface area contributed by atoms with E-state index in [9.17, 15) is 9.18 Å². The molecule has 3 rings (SSSR count). The number of methoxy groups -OCH3 is 1. The minimum Gasteiger partial charge on any atom is -0.479 e. The summed E-state index contributed by atoms with van der Waals surface area (Å²) in [7, 11) is 1.36. The Bertz CT molecular complexity index is 969. The Kier molecular flexibility index (Phi) is 4.53. The van der Waals surface area contributed by atoms with E-state index in [0.29, 0.717) is 33.5 Å². The van der Waals surface area contributed by atoms with E-state index >= 15 is 0 Å². The lowest BCUT2D eigenvalue weighted by atomic mass is 10.0. The van der Waals surface area contributed by atoms with E-state index in [-0.39, 0.29) is 11.4 Å². The van der Waals surface area contributed by atoms with Crippen LogP contribution in [0.15, 0.2) is 41.5 Å². The maximum atomic E-state index is 13.9. The van der Waals surface area contributed by atoms with Gasteiger partial charge in [-0.1, -0.05) is 18.5 Å². The zero-order chi connectivity index (χ0) is 17.3. The highest BCUT2D eigenvalue weighted by Gasteiger charge is 2.12. The van der Waals surface area contributed by atoms with Crippen LogP contribution in [0.1, 0.15) is 13.3 Å². The molecule has 0 saturated carbocycles. The zero-order valence-corrected chi connectivity index (χ0v) is 14.1. The molecular weight excluding hydrogens is 331 g/mol. The number of rotatable bonds is 4. The van der Waals surface area contributed by atoms with Crippen molar-refractivity contribution in [2.45, 2.75) is 19.9 Å². The third kappa shape index (κ3) is 2.87. The molecule has 24 heavy (non-hydrogen) atoms. The normalized spacial score (nSPS) is 11.0. The van der Waals surface area contributed by atoms with Gasteiger partial charge in [-0.15, -0.1) is 0 Å². The molecule has 0 radical (unpaired) electrons. The molecule has 0 aliphatic heterocycles. The van der Waals surface area contributed by atoms with Crippen molar-refractivity contribution in [3.63, 3.8) is 0 Å². The van der Waals surface area contributed by atoms with E-state index < -0.39 is 5.82 Å². The predicted octanol–water partition coefficient (Wildman–Crippen LogP) is 4.27. The van der Waals surface area contributed by atoms with Crippen LogP contribution in [0.4, 0.5) is 4.39 Å². The molecule has 2 aromatic heterocycles. The number of halogens is 2. The van der Waals surface area contributed by atoms with Gasteiger partial charge in [0, 0.05) is 24.5 Å². The number of fused-ring (bicyclic) bond motifs is 1. The minimum atomic E-state index is -0.551. The molecule has 0 atom stereocenters. The second-order valence-electron chi connectivity index (χ2n) is 5.45. The van der Waals surface area contributed by atoms with Crippen molar-refractivity contribution in [3.8, 4) is 17.0 Å². The Morgan fingerprint density at radius 2 is 2.08 bits per heavy atom. The molecule has 6 heteroatoms. The summed E-state index contributed by atoms with van der Waals surface area (Å²) in [4.78, 5) is 16.4. The molecule has 0 aliphatic carbocycles. The first-order valence-electron chi connectivity index (χ1n) is 7.57. The van der Waals surface area contributed by atoms with Gasteiger partial charge in [-0.2, -0.15) is 0 Å². The third-order valence-corrected chi connectivity index (χ3v) is 4.13. The molecule has 0 amide bonds. The van der Waals surface area contributed by atoms with Crippen molar-refractivity contribution in [1.29, 1.82) is 0 Å². The zero-order valence-electron chi connectivity index (χ0n) is 13.3. The summed E-state index contributed by atoms with van der Waals surface area (Å²) in [5.74, 6) is -0.613. The molecule has 0 N–H and O–H groups in total. The third-order valence-electron chi connectivity index (χ3n) is 3.83. The molecule has 0 aliphatic rings. The average molecular weight is 347 g/mol. The Balaban J connectivity index is 2.17. The topological polar surface area (TPSA) is 44.1 Å². The predicted molar refractivity (Wildman–Crippen MR) is 93.3 cm³/mol. The molecule has 124 valence electrons. The lowest BCUT2D eigenvalue weighted by molar-refractivity contribution is 0.369. The Morgan fingerprint density at radius 3 is 2.75 bits per heavy atom. The molecule has 0 saturated heterocycles. The van der Waals surface area contributed by atoms with E-state index in [4.69, 9.17) is 16.3 Å². The number of benzene rings is 1. The molecule has 3 aromatic rings. The summed E-state index contributed by atoms with van der Waals surface area (Å²) in [5, 5.41) is 1.53. The Hall–Kier alpha value is -2.40. The van der Waals surface area contributed by atoms with E-state index in [1.54, 1.807) is 16.8 Å². The van der Waals surface area contributed by atoms with E-state index in [2.05, 4.69) is 4.98 Å². The van der Waals surface area contributed by atoms with Crippen LogP contribution in [-0.2, 0) is 6.54 Å². The second kappa shape index (κ2) is 6.61. The quantitative estimate of drug-likeness (QED) is 0.708. The lowest BCUT2D eigenvalue weighted by Gasteiger charge is -2.10. The summed E-state index contributed by atoms with van der Waals surface area (Å²) in [5.41, 5.74) is 1.13. The summed E-state index contributed by atoms with van der Waals surface area (Å²) in [6.07, 6.45) is 4.12. The van der Waals surface area contributed by atoms with Crippen LogP contribution in [0.3, 0.4) is 0 Å². The van der Waals surface area contributed by atoms with Crippen molar-refractivity contribution in [2.75, 3.05) is 7.11 Å². The van der Waals surface area contributed by atoms with Gasteiger partial charge in [0.25, 0.3) is 5.56 Å². The first-order chi connectivity index (χ1) is 11.5. The van der Waals surface area contributed by atoms with Gasteiger partial charge in [0.15, 0.2) is 5.82 Å². The molecule has 2 heterocycles. The van der Waals surface area contributed by atoms with Gasteiger partial charge in [0.05, 0.1) is 17.5 Å². The fraction of sp³-hybridized carbons (Fsp3) is 0.222. The lowest BCUT2D eigenvalue weighted by Crippen LogP contribution is -2.19. The van der Waals surface area contributed by atoms with Crippen LogP contribution in [-0.4, -0.2) is 16.7 Å². The molecule has 0 unspecified atom stereocenters. The number of aromatic nitrogens is 2. The molecule has 0 spiro atoms. The molecule has 0 bridgehead atoms. The van der Waals surface area contributed by atoms with Gasteiger partial charge in [-0.05, 0) is 41.6 Å². The summed E-state index contributed by atoms with van der Waals surface area (Å²) in [6, 6.07) is 6.64. The molecule has 4 nitrogen and oxygen atoms in total. The highest BCUT2D eigenvalue weighted by atomic mass is 35.5. The van der Waals surface area contributed by atoms with E-state index in [0.717, 1.165) is 6.42 Å². The molecular formula is C18H16ClFN2O2. The summed E-state index contributed by atoms with van der Waals surface area (Å²) >= 11 is 6.34. The SMILES string of the molecule is CCCn1ccc2cc(-c3cnc(OC)c(F)c3)cc(Cl)c2c1=O. The Labute approximate surface area is 143 Å². The number of nitrogens with zero attached hydrogens (tertiary/aromatic N) is 2. The van der Waals surface area contributed by atoms with E-state index in [1.807, 2.05) is 19.1 Å². The van der Waals surface area contributed by atoms with Crippen molar-refractivity contribution < 1.29 is 9.13 Å². The van der Waals surface area contributed by atoms with Gasteiger partial charge >= 0.3 is 0 Å². The van der Waals surface area contributed by atoms with Gasteiger partial charge in [0.2, 0.25) is 5.88 Å². The number of hydrogen-bond donors (Lipinski definition) is 0. The van der Waals surface area contributed by atoms with Crippen molar-refractivity contribution in [3.05, 3.63) is 57.9 Å². The standard InChI is InChI=1S/C18H16ClFN2O2/c1-3-5-22-6-4-11-7-12(8-14(19)16(11)18(22)23)13-9-15(20)17(24-2)21-10-13/h4,6-10H,3,5H2,1-2H3. The van der Waals surface area contributed by atoms with Crippen molar-refractivity contribution in [1.82, 2.24) is 9.55 Å². The molecule has 1 aromatic carbocycles. The van der Waals surface area contributed by atoms with Gasteiger partial charge in [0.1, 0.15) is 0 Å². The number of hydrogen-bond acceptors (Lipinski definition) is 3.